The zero-order valence-electron chi connectivity index (χ0n) is 12.8. The van der Waals surface area contributed by atoms with Crippen LogP contribution >= 0.6 is 0 Å². The minimum Gasteiger partial charge on any atom is -0.497 e. The third-order valence-corrected chi connectivity index (χ3v) is 3.32. The van der Waals surface area contributed by atoms with Gasteiger partial charge in [0.25, 0.3) is 5.91 Å². The van der Waals surface area contributed by atoms with Crippen molar-refractivity contribution in [3.8, 4) is 5.75 Å². The van der Waals surface area contributed by atoms with Gasteiger partial charge in [-0.2, -0.15) is 0 Å². The van der Waals surface area contributed by atoms with Gasteiger partial charge in [0.05, 0.1) is 7.11 Å². The maximum Gasteiger partial charge on any atom is 0.255 e. The zero-order chi connectivity index (χ0) is 16.1. The molecule has 0 bridgehead atoms. The van der Waals surface area contributed by atoms with Crippen LogP contribution in [0.4, 0.5) is 11.4 Å². The van der Waals surface area contributed by atoms with Crippen molar-refractivity contribution in [2.45, 2.75) is 6.92 Å². The highest BCUT2D eigenvalue weighted by atomic mass is 16.5. The average Bonchev–Trinajstić information content (AvgIpc) is 2.54. The van der Waals surface area contributed by atoms with E-state index in [4.69, 9.17) is 4.74 Å². The van der Waals surface area contributed by atoms with Crippen LogP contribution in [0.2, 0.25) is 0 Å². The van der Waals surface area contributed by atoms with Crippen molar-refractivity contribution in [2.24, 2.45) is 0 Å². The number of benzene rings is 2. The summed E-state index contributed by atoms with van der Waals surface area (Å²) in [6, 6.07) is 14.0. The molecule has 0 aliphatic rings. The first-order chi connectivity index (χ1) is 10.5. The quantitative estimate of drug-likeness (QED) is 0.944. The van der Waals surface area contributed by atoms with E-state index in [2.05, 4.69) is 5.32 Å². The van der Waals surface area contributed by atoms with E-state index in [9.17, 15) is 9.59 Å². The lowest BCUT2D eigenvalue weighted by atomic mass is 10.2. The van der Waals surface area contributed by atoms with Gasteiger partial charge in [-0.3, -0.25) is 9.59 Å². The van der Waals surface area contributed by atoms with Crippen LogP contribution in [0.3, 0.4) is 0 Å². The molecule has 2 aromatic rings. The Bertz CT molecular complexity index is 681. The molecule has 0 unspecified atom stereocenters. The van der Waals surface area contributed by atoms with Crippen molar-refractivity contribution in [1.82, 2.24) is 0 Å². The van der Waals surface area contributed by atoms with Gasteiger partial charge in [-0.05, 0) is 42.5 Å². The summed E-state index contributed by atoms with van der Waals surface area (Å²) in [6.07, 6.45) is 0. The average molecular weight is 298 g/mol. The van der Waals surface area contributed by atoms with Crippen molar-refractivity contribution in [3.05, 3.63) is 54.1 Å². The predicted octanol–water partition coefficient (Wildman–Crippen LogP) is 2.93. The standard InChI is InChI=1S/C17H18N2O3/c1-12(20)19(2)15-9-7-14(8-10-15)18-17(21)13-5-4-6-16(11-13)22-3/h4-11H,1-3H3,(H,18,21). The number of hydrogen-bond donors (Lipinski definition) is 1. The molecule has 0 saturated carbocycles. The summed E-state index contributed by atoms with van der Waals surface area (Å²) >= 11 is 0. The molecule has 2 amide bonds. The molecule has 5 heteroatoms. The largest absolute Gasteiger partial charge is 0.497 e. The maximum atomic E-state index is 12.2. The van der Waals surface area contributed by atoms with Crippen LogP contribution in [0.1, 0.15) is 17.3 Å². The van der Waals surface area contributed by atoms with Gasteiger partial charge in [-0.1, -0.05) is 6.07 Å². The Morgan fingerprint density at radius 2 is 1.77 bits per heavy atom. The van der Waals surface area contributed by atoms with Crippen LogP contribution in [-0.2, 0) is 4.79 Å². The highest BCUT2D eigenvalue weighted by molar-refractivity contribution is 6.04. The van der Waals surface area contributed by atoms with Gasteiger partial charge in [0, 0.05) is 30.9 Å². The summed E-state index contributed by atoms with van der Waals surface area (Å²) in [6.45, 7) is 1.50. The third kappa shape index (κ3) is 3.63. The van der Waals surface area contributed by atoms with Gasteiger partial charge in [0.2, 0.25) is 5.91 Å². The van der Waals surface area contributed by atoms with E-state index < -0.39 is 0 Å². The minimum atomic E-state index is -0.216. The lowest BCUT2D eigenvalue weighted by Gasteiger charge is -2.15. The van der Waals surface area contributed by atoms with Crippen molar-refractivity contribution in [3.63, 3.8) is 0 Å². The topological polar surface area (TPSA) is 58.6 Å². The Kier molecular flexibility index (Phi) is 4.78. The number of ether oxygens (including phenoxy) is 1. The Morgan fingerprint density at radius 1 is 1.09 bits per heavy atom. The molecule has 0 aliphatic heterocycles. The Labute approximate surface area is 129 Å². The van der Waals surface area contributed by atoms with Gasteiger partial charge in [0.1, 0.15) is 5.75 Å². The predicted molar refractivity (Wildman–Crippen MR) is 86.5 cm³/mol. The molecule has 0 atom stereocenters. The summed E-state index contributed by atoms with van der Waals surface area (Å²) < 4.78 is 5.10. The zero-order valence-corrected chi connectivity index (χ0v) is 12.8. The lowest BCUT2D eigenvalue weighted by molar-refractivity contribution is -0.116. The first-order valence-electron chi connectivity index (χ1n) is 6.81. The molecular formula is C17H18N2O3. The first-order valence-corrected chi connectivity index (χ1v) is 6.81. The molecule has 2 rings (SSSR count). The van der Waals surface area contributed by atoms with Crippen molar-refractivity contribution in [1.29, 1.82) is 0 Å². The fraction of sp³-hybridized carbons (Fsp3) is 0.176. The molecule has 0 heterocycles. The van der Waals surface area contributed by atoms with Crippen LogP contribution in [-0.4, -0.2) is 26.0 Å². The number of carbonyl (C=O) groups is 2. The Balaban J connectivity index is 2.10. The fourth-order valence-corrected chi connectivity index (χ4v) is 1.92. The SMILES string of the molecule is COc1cccc(C(=O)Nc2ccc(N(C)C(C)=O)cc2)c1. The molecule has 22 heavy (non-hydrogen) atoms. The summed E-state index contributed by atoms with van der Waals surface area (Å²) in [4.78, 5) is 25.0. The number of nitrogens with zero attached hydrogens (tertiary/aromatic N) is 1. The van der Waals surface area contributed by atoms with E-state index in [1.54, 1.807) is 62.7 Å². The minimum absolute atomic E-state index is 0.0480. The monoisotopic (exact) mass is 298 g/mol. The molecule has 0 aliphatic carbocycles. The van der Waals surface area contributed by atoms with Crippen LogP contribution in [0.5, 0.6) is 5.75 Å². The molecule has 5 nitrogen and oxygen atoms in total. The lowest BCUT2D eigenvalue weighted by Crippen LogP contribution is -2.22. The van der Waals surface area contributed by atoms with Gasteiger partial charge in [-0.15, -0.1) is 0 Å². The highest BCUT2D eigenvalue weighted by Gasteiger charge is 2.08. The van der Waals surface area contributed by atoms with E-state index >= 15 is 0 Å². The fourth-order valence-electron chi connectivity index (χ4n) is 1.92. The van der Waals surface area contributed by atoms with Gasteiger partial charge < -0.3 is 15.0 Å². The molecule has 2 aromatic carbocycles. The van der Waals surface area contributed by atoms with Crippen molar-refractivity contribution >= 4 is 23.2 Å². The molecule has 0 saturated heterocycles. The highest BCUT2D eigenvalue weighted by Crippen LogP contribution is 2.18. The third-order valence-electron chi connectivity index (χ3n) is 3.32. The smallest absolute Gasteiger partial charge is 0.255 e. The van der Waals surface area contributed by atoms with E-state index in [1.165, 1.54) is 11.8 Å². The number of carbonyl (C=O) groups excluding carboxylic acids is 2. The molecule has 0 fully saturated rings. The molecular weight excluding hydrogens is 280 g/mol. The Hall–Kier alpha value is -2.82. The van der Waals surface area contributed by atoms with E-state index in [-0.39, 0.29) is 11.8 Å². The summed E-state index contributed by atoms with van der Waals surface area (Å²) in [5, 5.41) is 2.81. The second kappa shape index (κ2) is 6.76. The van der Waals surface area contributed by atoms with Crippen LogP contribution < -0.4 is 15.0 Å². The van der Waals surface area contributed by atoms with E-state index in [0.717, 1.165) is 5.69 Å². The number of methoxy groups -OCH3 is 1. The van der Waals surface area contributed by atoms with Crippen LogP contribution in [0, 0.1) is 0 Å². The van der Waals surface area contributed by atoms with E-state index in [1.807, 2.05) is 0 Å². The second-order valence-corrected chi connectivity index (χ2v) is 4.81. The number of hydrogen-bond acceptors (Lipinski definition) is 3. The van der Waals surface area contributed by atoms with Crippen LogP contribution in [0.15, 0.2) is 48.5 Å². The molecule has 0 spiro atoms. The molecule has 0 radical (unpaired) electrons. The van der Waals surface area contributed by atoms with Crippen molar-refractivity contribution < 1.29 is 14.3 Å². The van der Waals surface area contributed by atoms with Gasteiger partial charge in [0.15, 0.2) is 0 Å². The summed E-state index contributed by atoms with van der Waals surface area (Å²) in [5.74, 6) is 0.366. The van der Waals surface area contributed by atoms with Gasteiger partial charge >= 0.3 is 0 Å². The number of nitrogens with one attached hydrogen (secondary N) is 1. The molecule has 114 valence electrons. The number of anilines is 2. The summed E-state index contributed by atoms with van der Waals surface area (Å²) in [5.41, 5.74) is 1.95. The summed E-state index contributed by atoms with van der Waals surface area (Å²) in [7, 11) is 3.26. The number of amides is 2. The van der Waals surface area contributed by atoms with Gasteiger partial charge in [-0.25, -0.2) is 0 Å². The second-order valence-electron chi connectivity index (χ2n) is 4.81. The molecule has 0 aromatic heterocycles. The first kappa shape index (κ1) is 15.6. The Morgan fingerprint density at radius 3 is 2.36 bits per heavy atom. The van der Waals surface area contributed by atoms with E-state index in [0.29, 0.717) is 17.0 Å². The maximum absolute atomic E-state index is 12.2. The van der Waals surface area contributed by atoms with Crippen molar-refractivity contribution in [2.75, 3.05) is 24.4 Å². The van der Waals surface area contributed by atoms with Crippen LogP contribution in [0.25, 0.3) is 0 Å². The molecule has 1 N–H and O–H groups in total. The normalized spacial score (nSPS) is 9.95. The number of rotatable bonds is 4.